The van der Waals surface area contributed by atoms with Crippen LogP contribution >= 0.6 is 0 Å². The van der Waals surface area contributed by atoms with Crippen LogP contribution in [0.1, 0.15) is 20.3 Å². The van der Waals surface area contributed by atoms with Crippen LogP contribution in [-0.4, -0.2) is 38.1 Å². The third-order valence-corrected chi connectivity index (χ3v) is 1.71. The summed E-state index contributed by atoms with van der Waals surface area (Å²) in [6.07, 6.45) is 3.50. The molecule has 0 fully saturated rings. The van der Waals surface area contributed by atoms with E-state index in [2.05, 4.69) is 10.6 Å². The summed E-state index contributed by atoms with van der Waals surface area (Å²) in [5, 5.41) is 5.72. The topological polar surface area (TPSA) is 67.4 Å². The molecule has 16 heavy (non-hydrogen) atoms. The molecule has 5 heteroatoms. The fourth-order valence-electron chi connectivity index (χ4n) is 1.02. The normalized spacial score (nSPS) is 10.4. The van der Waals surface area contributed by atoms with Crippen LogP contribution in [0.25, 0.3) is 0 Å². The van der Waals surface area contributed by atoms with Crippen LogP contribution in [0.5, 0.6) is 0 Å². The number of nitrogens with one attached hydrogen (secondary N) is 2. The summed E-state index contributed by atoms with van der Waals surface area (Å²) in [7, 11) is 0. The first-order valence-corrected chi connectivity index (χ1v) is 5.51. The molecule has 0 radical (unpaired) electrons. The van der Waals surface area contributed by atoms with Crippen molar-refractivity contribution in [1.82, 2.24) is 10.6 Å². The number of carbonyl (C=O) groups is 2. The number of esters is 1. The summed E-state index contributed by atoms with van der Waals surface area (Å²) in [5.74, 6) is -0.308. The molecule has 0 aliphatic carbocycles. The third-order valence-electron chi connectivity index (χ3n) is 1.71. The number of ether oxygens (including phenoxy) is 1. The molecule has 0 rings (SSSR count). The molecular weight excluding hydrogens is 208 g/mol. The SMILES string of the molecule is CCNC(=O)CCNC/C=C/C(=O)OCC. The largest absolute Gasteiger partial charge is 0.463 e. The second kappa shape index (κ2) is 10.2. The van der Waals surface area contributed by atoms with Crippen molar-refractivity contribution in [3.8, 4) is 0 Å². The summed E-state index contributed by atoms with van der Waals surface area (Å²) >= 11 is 0. The van der Waals surface area contributed by atoms with Crippen molar-refractivity contribution in [3.63, 3.8) is 0 Å². The molecule has 0 spiro atoms. The molecule has 0 unspecified atom stereocenters. The Morgan fingerprint density at radius 2 is 2.06 bits per heavy atom. The van der Waals surface area contributed by atoms with Gasteiger partial charge in [-0.1, -0.05) is 6.08 Å². The van der Waals surface area contributed by atoms with Gasteiger partial charge in [0.2, 0.25) is 5.91 Å². The summed E-state index contributed by atoms with van der Waals surface area (Å²) in [6, 6.07) is 0. The van der Waals surface area contributed by atoms with Crippen LogP contribution in [-0.2, 0) is 14.3 Å². The van der Waals surface area contributed by atoms with E-state index in [1.54, 1.807) is 13.0 Å². The van der Waals surface area contributed by atoms with Gasteiger partial charge < -0.3 is 15.4 Å². The number of hydrogen-bond donors (Lipinski definition) is 2. The van der Waals surface area contributed by atoms with Crippen LogP contribution in [0.2, 0.25) is 0 Å². The minimum Gasteiger partial charge on any atom is -0.463 e. The average molecular weight is 228 g/mol. The minimum atomic E-state index is -0.340. The second-order valence-electron chi connectivity index (χ2n) is 3.06. The number of hydrogen-bond acceptors (Lipinski definition) is 4. The van der Waals surface area contributed by atoms with Crippen molar-refractivity contribution in [2.75, 3.05) is 26.2 Å². The van der Waals surface area contributed by atoms with Gasteiger partial charge >= 0.3 is 5.97 Å². The van der Waals surface area contributed by atoms with Gasteiger partial charge in [-0.15, -0.1) is 0 Å². The average Bonchev–Trinajstić information content (AvgIpc) is 2.24. The predicted molar refractivity (Wildman–Crippen MR) is 61.9 cm³/mol. The molecule has 0 aromatic rings. The maximum Gasteiger partial charge on any atom is 0.330 e. The highest BCUT2D eigenvalue weighted by Gasteiger charge is 1.97. The van der Waals surface area contributed by atoms with Gasteiger partial charge in [-0.05, 0) is 13.8 Å². The van der Waals surface area contributed by atoms with Crippen LogP contribution in [0.4, 0.5) is 0 Å². The standard InChI is InChI=1S/C11H20N2O3/c1-3-13-10(14)7-9-12-8-5-6-11(15)16-4-2/h5-6,12H,3-4,7-9H2,1-2H3,(H,13,14)/b6-5+. The van der Waals surface area contributed by atoms with E-state index in [9.17, 15) is 9.59 Å². The molecule has 92 valence electrons. The zero-order chi connectivity index (χ0) is 12.2. The maximum absolute atomic E-state index is 11.0. The second-order valence-corrected chi connectivity index (χ2v) is 3.06. The maximum atomic E-state index is 11.0. The molecule has 0 heterocycles. The smallest absolute Gasteiger partial charge is 0.330 e. The van der Waals surface area contributed by atoms with Gasteiger partial charge in [-0.2, -0.15) is 0 Å². The summed E-state index contributed by atoms with van der Waals surface area (Å²) < 4.78 is 4.70. The molecule has 0 aromatic heterocycles. The lowest BCUT2D eigenvalue weighted by atomic mass is 10.4. The Morgan fingerprint density at radius 3 is 2.69 bits per heavy atom. The molecule has 5 nitrogen and oxygen atoms in total. The Balaban J connectivity index is 3.39. The molecule has 0 atom stereocenters. The molecule has 0 aliphatic heterocycles. The van der Waals surface area contributed by atoms with Crippen molar-refractivity contribution in [3.05, 3.63) is 12.2 Å². The summed E-state index contributed by atoms with van der Waals surface area (Å²) in [6.45, 7) is 5.83. The number of amides is 1. The highest BCUT2D eigenvalue weighted by Crippen LogP contribution is 1.81. The summed E-state index contributed by atoms with van der Waals surface area (Å²) in [5.41, 5.74) is 0. The Morgan fingerprint density at radius 1 is 1.31 bits per heavy atom. The van der Waals surface area contributed by atoms with Crippen LogP contribution in [0, 0.1) is 0 Å². The van der Waals surface area contributed by atoms with E-state index >= 15 is 0 Å². The fourth-order valence-corrected chi connectivity index (χ4v) is 1.02. The van der Waals surface area contributed by atoms with Gasteiger partial charge in [-0.3, -0.25) is 4.79 Å². The predicted octanol–water partition coefficient (Wildman–Crippen LogP) is 0.222. The molecule has 2 N–H and O–H groups in total. The Hall–Kier alpha value is -1.36. The molecule has 0 aliphatic rings. The Bertz CT molecular complexity index is 239. The first-order valence-electron chi connectivity index (χ1n) is 5.51. The van der Waals surface area contributed by atoms with E-state index in [4.69, 9.17) is 4.74 Å². The Labute approximate surface area is 96.2 Å². The van der Waals surface area contributed by atoms with Crippen molar-refractivity contribution in [2.45, 2.75) is 20.3 Å². The lowest BCUT2D eigenvalue weighted by Gasteiger charge is -2.02. The van der Waals surface area contributed by atoms with Crippen LogP contribution < -0.4 is 10.6 Å². The lowest BCUT2D eigenvalue weighted by Crippen LogP contribution is -2.27. The monoisotopic (exact) mass is 228 g/mol. The number of carbonyl (C=O) groups excluding carboxylic acids is 2. The van der Waals surface area contributed by atoms with E-state index in [-0.39, 0.29) is 11.9 Å². The van der Waals surface area contributed by atoms with Crippen molar-refractivity contribution < 1.29 is 14.3 Å². The highest BCUT2D eigenvalue weighted by atomic mass is 16.5. The Kier molecular flexibility index (Phi) is 9.30. The third kappa shape index (κ3) is 9.21. The minimum absolute atomic E-state index is 0.0318. The van der Waals surface area contributed by atoms with E-state index in [1.807, 2.05) is 6.92 Å². The number of rotatable bonds is 8. The van der Waals surface area contributed by atoms with Gasteiger partial charge in [-0.25, -0.2) is 4.79 Å². The zero-order valence-corrected chi connectivity index (χ0v) is 9.91. The van der Waals surface area contributed by atoms with Gasteiger partial charge in [0.05, 0.1) is 6.61 Å². The highest BCUT2D eigenvalue weighted by molar-refractivity contribution is 5.81. The lowest BCUT2D eigenvalue weighted by molar-refractivity contribution is -0.137. The van der Waals surface area contributed by atoms with Crippen molar-refractivity contribution in [1.29, 1.82) is 0 Å². The van der Waals surface area contributed by atoms with Crippen LogP contribution in [0.15, 0.2) is 12.2 Å². The van der Waals surface area contributed by atoms with Gasteiger partial charge in [0, 0.05) is 32.1 Å². The quantitative estimate of drug-likeness (QED) is 0.354. The molecule has 0 bridgehead atoms. The zero-order valence-electron chi connectivity index (χ0n) is 9.91. The van der Waals surface area contributed by atoms with E-state index < -0.39 is 0 Å². The van der Waals surface area contributed by atoms with E-state index in [1.165, 1.54) is 6.08 Å². The van der Waals surface area contributed by atoms with Crippen LogP contribution in [0.3, 0.4) is 0 Å². The summed E-state index contributed by atoms with van der Waals surface area (Å²) in [4.78, 5) is 21.9. The van der Waals surface area contributed by atoms with E-state index in [0.717, 1.165) is 0 Å². The molecule has 0 saturated carbocycles. The first kappa shape index (κ1) is 14.6. The van der Waals surface area contributed by atoms with Gasteiger partial charge in [0.15, 0.2) is 0 Å². The molecule has 0 aromatic carbocycles. The fraction of sp³-hybridized carbons (Fsp3) is 0.636. The van der Waals surface area contributed by atoms with Gasteiger partial charge in [0.1, 0.15) is 0 Å². The molecular formula is C11H20N2O3. The van der Waals surface area contributed by atoms with Crippen molar-refractivity contribution in [2.24, 2.45) is 0 Å². The van der Waals surface area contributed by atoms with E-state index in [0.29, 0.717) is 32.7 Å². The molecule has 0 saturated heterocycles. The molecule has 1 amide bonds. The van der Waals surface area contributed by atoms with Gasteiger partial charge in [0.25, 0.3) is 0 Å². The first-order chi connectivity index (χ1) is 7.70. The van der Waals surface area contributed by atoms with Crippen molar-refractivity contribution >= 4 is 11.9 Å².